The maximum Gasteiger partial charge on any atom is 0.227 e. The predicted octanol–water partition coefficient (Wildman–Crippen LogP) is 0.521. The third kappa shape index (κ3) is 2.78. The first-order valence-electron chi connectivity index (χ1n) is 7.53. The number of hydrogen-bond donors (Lipinski definition) is 1. The van der Waals surface area contributed by atoms with Gasteiger partial charge in [-0.1, -0.05) is 24.3 Å². The van der Waals surface area contributed by atoms with E-state index in [4.69, 9.17) is 5.73 Å². The van der Waals surface area contributed by atoms with E-state index in [0.717, 1.165) is 17.5 Å². The van der Waals surface area contributed by atoms with Crippen molar-refractivity contribution in [3.05, 3.63) is 35.4 Å². The molecule has 1 atom stereocenters. The van der Waals surface area contributed by atoms with E-state index in [-0.39, 0.29) is 17.9 Å². The average Bonchev–Trinajstić information content (AvgIpc) is 2.88. The minimum atomic E-state index is 0.134. The van der Waals surface area contributed by atoms with Gasteiger partial charge in [0.2, 0.25) is 11.8 Å². The maximum absolute atomic E-state index is 12.5. The number of benzene rings is 1. The molecule has 2 fully saturated rings. The fourth-order valence-corrected chi connectivity index (χ4v) is 3.29. The molecule has 5 heteroatoms. The number of carbonyl (C=O) groups excluding carboxylic acids is 2. The number of nitrogens with zero attached hydrogens (tertiary/aromatic N) is 2. The molecule has 112 valence electrons. The molecule has 21 heavy (non-hydrogen) atoms. The van der Waals surface area contributed by atoms with Gasteiger partial charge in [0.15, 0.2) is 0 Å². The van der Waals surface area contributed by atoms with Gasteiger partial charge < -0.3 is 15.5 Å². The summed E-state index contributed by atoms with van der Waals surface area (Å²) in [6.45, 7) is 2.45. The standard InChI is InChI=1S/C16H21N3O2/c17-10-13-4-2-1-3-12(13)9-16(21)18-7-8-19-14(11-18)5-6-15(19)20/h1-4,14H,5-11,17H2. The minimum Gasteiger partial charge on any atom is -0.339 e. The molecule has 0 radical (unpaired) electrons. The van der Waals surface area contributed by atoms with Gasteiger partial charge in [-0.15, -0.1) is 0 Å². The molecule has 0 saturated carbocycles. The van der Waals surface area contributed by atoms with E-state index in [9.17, 15) is 9.59 Å². The number of nitrogens with two attached hydrogens (primary N) is 1. The molecule has 0 aromatic heterocycles. The molecule has 2 heterocycles. The van der Waals surface area contributed by atoms with Gasteiger partial charge in [-0.05, 0) is 17.5 Å². The van der Waals surface area contributed by atoms with E-state index < -0.39 is 0 Å². The number of rotatable bonds is 3. The van der Waals surface area contributed by atoms with Crippen LogP contribution in [0, 0.1) is 0 Å². The Bertz CT molecular complexity index is 558. The molecule has 0 bridgehead atoms. The van der Waals surface area contributed by atoms with Crippen molar-refractivity contribution >= 4 is 11.8 Å². The highest BCUT2D eigenvalue weighted by atomic mass is 16.2. The van der Waals surface area contributed by atoms with Gasteiger partial charge in [-0.25, -0.2) is 0 Å². The van der Waals surface area contributed by atoms with Crippen LogP contribution in [0.2, 0.25) is 0 Å². The van der Waals surface area contributed by atoms with Crippen LogP contribution in [0.4, 0.5) is 0 Å². The smallest absolute Gasteiger partial charge is 0.227 e. The molecule has 5 nitrogen and oxygen atoms in total. The summed E-state index contributed by atoms with van der Waals surface area (Å²) in [5.41, 5.74) is 7.76. The first-order chi connectivity index (χ1) is 10.2. The Morgan fingerprint density at radius 1 is 1.24 bits per heavy atom. The van der Waals surface area contributed by atoms with E-state index in [0.29, 0.717) is 39.0 Å². The van der Waals surface area contributed by atoms with Crippen molar-refractivity contribution in [2.75, 3.05) is 19.6 Å². The summed E-state index contributed by atoms with van der Waals surface area (Å²) in [7, 11) is 0. The highest BCUT2D eigenvalue weighted by Crippen LogP contribution is 2.23. The molecule has 2 N–H and O–H groups in total. The molecule has 2 aliphatic rings. The molecule has 2 amide bonds. The lowest BCUT2D eigenvalue weighted by molar-refractivity contribution is -0.138. The normalized spacial score (nSPS) is 21.6. The van der Waals surface area contributed by atoms with Gasteiger partial charge in [0.05, 0.1) is 6.42 Å². The van der Waals surface area contributed by atoms with E-state index >= 15 is 0 Å². The summed E-state index contributed by atoms with van der Waals surface area (Å²) in [5, 5.41) is 0. The van der Waals surface area contributed by atoms with Gasteiger partial charge >= 0.3 is 0 Å². The highest BCUT2D eigenvalue weighted by Gasteiger charge is 2.36. The molecule has 2 saturated heterocycles. The van der Waals surface area contributed by atoms with Gasteiger partial charge in [0.25, 0.3) is 0 Å². The van der Waals surface area contributed by atoms with Crippen molar-refractivity contribution in [1.82, 2.24) is 9.80 Å². The van der Waals surface area contributed by atoms with Gasteiger partial charge in [0.1, 0.15) is 0 Å². The Labute approximate surface area is 124 Å². The molecule has 1 unspecified atom stereocenters. The van der Waals surface area contributed by atoms with Crippen LogP contribution in [0.5, 0.6) is 0 Å². The Morgan fingerprint density at radius 2 is 2.00 bits per heavy atom. The van der Waals surface area contributed by atoms with Crippen molar-refractivity contribution in [3.63, 3.8) is 0 Å². The lowest BCUT2D eigenvalue weighted by atomic mass is 10.0. The molecule has 1 aromatic rings. The first kappa shape index (κ1) is 14.1. The highest BCUT2D eigenvalue weighted by molar-refractivity contribution is 5.81. The van der Waals surface area contributed by atoms with Gasteiger partial charge in [-0.2, -0.15) is 0 Å². The molecule has 0 aliphatic carbocycles. The number of hydrogen-bond acceptors (Lipinski definition) is 3. The van der Waals surface area contributed by atoms with Crippen LogP contribution >= 0.6 is 0 Å². The molecule has 2 aliphatic heterocycles. The van der Waals surface area contributed by atoms with E-state index in [1.165, 1.54) is 0 Å². The summed E-state index contributed by atoms with van der Waals surface area (Å²) in [5.74, 6) is 0.371. The zero-order valence-electron chi connectivity index (χ0n) is 12.1. The Morgan fingerprint density at radius 3 is 2.76 bits per heavy atom. The van der Waals surface area contributed by atoms with Crippen LogP contribution in [-0.4, -0.2) is 47.3 Å². The van der Waals surface area contributed by atoms with Crippen LogP contribution in [0.25, 0.3) is 0 Å². The zero-order valence-corrected chi connectivity index (χ0v) is 12.1. The van der Waals surface area contributed by atoms with Crippen LogP contribution in [-0.2, 0) is 22.6 Å². The average molecular weight is 287 g/mol. The fraction of sp³-hybridized carbons (Fsp3) is 0.500. The van der Waals surface area contributed by atoms with E-state index in [1.807, 2.05) is 34.1 Å². The monoisotopic (exact) mass is 287 g/mol. The number of amides is 2. The van der Waals surface area contributed by atoms with Crippen molar-refractivity contribution in [2.24, 2.45) is 5.73 Å². The van der Waals surface area contributed by atoms with E-state index in [2.05, 4.69) is 0 Å². The summed E-state index contributed by atoms with van der Waals surface area (Å²) in [6.07, 6.45) is 1.90. The predicted molar refractivity (Wildman–Crippen MR) is 79.4 cm³/mol. The van der Waals surface area contributed by atoms with Crippen LogP contribution in [0.15, 0.2) is 24.3 Å². The van der Waals surface area contributed by atoms with E-state index in [1.54, 1.807) is 0 Å². The SMILES string of the molecule is NCc1ccccc1CC(=O)N1CCN2C(=O)CCC2C1. The molecule has 0 spiro atoms. The second kappa shape index (κ2) is 5.85. The first-order valence-corrected chi connectivity index (χ1v) is 7.53. The van der Waals surface area contributed by atoms with Crippen molar-refractivity contribution in [3.8, 4) is 0 Å². The summed E-state index contributed by atoms with van der Waals surface area (Å²) in [4.78, 5) is 28.0. The molecular weight excluding hydrogens is 266 g/mol. The van der Waals surface area contributed by atoms with Gasteiger partial charge in [-0.3, -0.25) is 9.59 Å². The summed E-state index contributed by atoms with van der Waals surface area (Å²) < 4.78 is 0. The minimum absolute atomic E-state index is 0.134. The lowest BCUT2D eigenvalue weighted by Crippen LogP contribution is -2.53. The third-order valence-corrected chi connectivity index (χ3v) is 4.53. The van der Waals surface area contributed by atoms with Crippen LogP contribution in [0.3, 0.4) is 0 Å². The Hall–Kier alpha value is -1.88. The topological polar surface area (TPSA) is 66.6 Å². The third-order valence-electron chi connectivity index (χ3n) is 4.53. The van der Waals surface area contributed by atoms with Crippen LogP contribution < -0.4 is 5.73 Å². The number of carbonyl (C=O) groups is 2. The Balaban J connectivity index is 1.65. The number of piperazine rings is 1. The largest absolute Gasteiger partial charge is 0.339 e. The second-order valence-corrected chi connectivity index (χ2v) is 5.77. The van der Waals surface area contributed by atoms with Crippen LogP contribution in [0.1, 0.15) is 24.0 Å². The van der Waals surface area contributed by atoms with Crippen molar-refractivity contribution < 1.29 is 9.59 Å². The summed E-state index contributed by atoms with van der Waals surface area (Å²) >= 11 is 0. The number of fused-ring (bicyclic) bond motifs is 1. The molecular formula is C16H21N3O2. The fourth-order valence-electron chi connectivity index (χ4n) is 3.29. The summed E-state index contributed by atoms with van der Waals surface area (Å²) in [6, 6.07) is 8.04. The van der Waals surface area contributed by atoms with Crippen molar-refractivity contribution in [1.29, 1.82) is 0 Å². The quantitative estimate of drug-likeness (QED) is 0.881. The maximum atomic E-state index is 12.5. The second-order valence-electron chi connectivity index (χ2n) is 5.77. The van der Waals surface area contributed by atoms with Gasteiger partial charge in [0, 0.05) is 38.6 Å². The van der Waals surface area contributed by atoms with Crippen molar-refractivity contribution in [2.45, 2.75) is 31.8 Å². The Kier molecular flexibility index (Phi) is 3.92. The zero-order chi connectivity index (χ0) is 14.8. The molecule has 3 rings (SSSR count). The molecule has 1 aromatic carbocycles. The lowest BCUT2D eigenvalue weighted by Gasteiger charge is -2.37.